The summed E-state index contributed by atoms with van der Waals surface area (Å²) in [4.78, 5) is 17.0. The Bertz CT molecular complexity index is 1100. The van der Waals surface area contributed by atoms with Crippen LogP contribution in [0.15, 0.2) is 42.6 Å². The first-order valence-electron chi connectivity index (χ1n) is 11.4. The second-order valence-corrected chi connectivity index (χ2v) is 9.15. The Morgan fingerprint density at radius 3 is 2.55 bits per heavy atom. The molecule has 2 heterocycles. The number of halogens is 1. The molecule has 1 fully saturated rings. The van der Waals surface area contributed by atoms with Gasteiger partial charge in [-0.15, -0.1) is 0 Å². The van der Waals surface area contributed by atoms with E-state index in [1.807, 2.05) is 4.68 Å². The number of hydrogen-bond donors (Lipinski definition) is 0. The van der Waals surface area contributed by atoms with Crippen molar-refractivity contribution in [2.24, 2.45) is 5.92 Å². The molecule has 0 saturated carbocycles. The Balaban J connectivity index is 1.63. The molecule has 33 heavy (non-hydrogen) atoms. The number of ether oxygens (including phenoxy) is 2. The maximum atomic E-state index is 13.3. The third-order valence-electron chi connectivity index (χ3n) is 6.01. The number of benzene rings is 2. The molecule has 1 aliphatic rings. The zero-order chi connectivity index (χ0) is 23.5. The molecule has 8 heteroatoms. The summed E-state index contributed by atoms with van der Waals surface area (Å²) in [6.07, 6.45) is 3.15. The minimum atomic E-state index is -0.428. The predicted octanol–water partition coefficient (Wildman–Crippen LogP) is 5.15. The molecule has 4 rings (SSSR count). The van der Waals surface area contributed by atoms with Crippen LogP contribution in [0.25, 0.3) is 10.9 Å². The quantitative estimate of drug-likeness (QED) is 0.516. The van der Waals surface area contributed by atoms with Crippen LogP contribution in [-0.2, 0) is 6.54 Å². The standard InChI is InChI=1S/C25H31FN4O3/c1-17(2)16-30-22-14-24(33-25(31)29(4)20-9-11-28(3)12-10-20)23(13-18(22)15-27-30)32-21-7-5-19(26)6-8-21/h5-8,13-15,17,20H,9-12,16H2,1-4H3. The molecule has 0 bridgehead atoms. The van der Waals surface area contributed by atoms with E-state index in [0.29, 0.717) is 23.2 Å². The first kappa shape index (κ1) is 23.0. The summed E-state index contributed by atoms with van der Waals surface area (Å²) < 4.78 is 27.1. The number of piperidine rings is 1. The normalized spacial score (nSPS) is 15.2. The van der Waals surface area contributed by atoms with Crippen molar-refractivity contribution in [2.45, 2.75) is 39.3 Å². The third kappa shape index (κ3) is 5.45. The van der Waals surface area contributed by atoms with Crippen LogP contribution in [0.3, 0.4) is 0 Å². The largest absolute Gasteiger partial charge is 0.453 e. The van der Waals surface area contributed by atoms with Crippen molar-refractivity contribution in [3.05, 3.63) is 48.4 Å². The molecule has 0 spiro atoms. The number of aromatic nitrogens is 2. The van der Waals surface area contributed by atoms with E-state index in [1.165, 1.54) is 24.3 Å². The monoisotopic (exact) mass is 454 g/mol. The highest BCUT2D eigenvalue weighted by Gasteiger charge is 2.26. The van der Waals surface area contributed by atoms with Crippen LogP contribution >= 0.6 is 0 Å². The summed E-state index contributed by atoms with van der Waals surface area (Å²) in [6, 6.07) is 9.47. The van der Waals surface area contributed by atoms with E-state index < -0.39 is 6.09 Å². The highest BCUT2D eigenvalue weighted by molar-refractivity contribution is 5.84. The SMILES string of the molecule is CC(C)Cn1ncc2cc(Oc3ccc(F)cc3)c(OC(=O)N(C)C3CCN(C)CC3)cc21. The topological polar surface area (TPSA) is 59.8 Å². The molecule has 0 aliphatic carbocycles. The van der Waals surface area contributed by atoms with Crippen LogP contribution in [0, 0.1) is 11.7 Å². The van der Waals surface area contributed by atoms with Gasteiger partial charge in [-0.05, 0) is 69.2 Å². The van der Waals surface area contributed by atoms with Crippen molar-refractivity contribution in [2.75, 3.05) is 27.2 Å². The van der Waals surface area contributed by atoms with E-state index in [9.17, 15) is 9.18 Å². The molecule has 1 aromatic heterocycles. The first-order valence-corrected chi connectivity index (χ1v) is 11.4. The van der Waals surface area contributed by atoms with Crippen LogP contribution in [0.4, 0.5) is 9.18 Å². The van der Waals surface area contributed by atoms with E-state index in [4.69, 9.17) is 9.47 Å². The van der Waals surface area contributed by atoms with Gasteiger partial charge in [-0.2, -0.15) is 5.10 Å². The summed E-state index contributed by atoms with van der Waals surface area (Å²) in [6.45, 7) is 6.88. The van der Waals surface area contributed by atoms with Crippen LogP contribution in [0.1, 0.15) is 26.7 Å². The molecule has 1 aliphatic heterocycles. The van der Waals surface area contributed by atoms with Gasteiger partial charge in [0.2, 0.25) is 0 Å². The lowest BCUT2D eigenvalue weighted by Gasteiger charge is -2.34. The van der Waals surface area contributed by atoms with Crippen molar-refractivity contribution >= 4 is 17.0 Å². The van der Waals surface area contributed by atoms with Crippen molar-refractivity contribution in [1.29, 1.82) is 0 Å². The molecule has 0 N–H and O–H groups in total. The summed E-state index contributed by atoms with van der Waals surface area (Å²) in [5, 5.41) is 5.36. The van der Waals surface area contributed by atoms with Crippen LogP contribution in [-0.4, -0.2) is 58.9 Å². The zero-order valence-corrected chi connectivity index (χ0v) is 19.6. The van der Waals surface area contributed by atoms with Crippen molar-refractivity contribution in [3.8, 4) is 17.2 Å². The van der Waals surface area contributed by atoms with Gasteiger partial charge in [-0.1, -0.05) is 13.8 Å². The van der Waals surface area contributed by atoms with E-state index in [-0.39, 0.29) is 11.9 Å². The second kappa shape index (κ2) is 9.79. The molecule has 0 unspecified atom stereocenters. The number of fused-ring (bicyclic) bond motifs is 1. The highest BCUT2D eigenvalue weighted by atomic mass is 19.1. The smallest absolute Gasteiger partial charge is 0.415 e. The van der Waals surface area contributed by atoms with Crippen LogP contribution in [0.5, 0.6) is 17.2 Å². The Kier molecular flexibility index (Phi) is 6.83. The maximum Gasteiger partial charge on any atom is 0.415 e. The Morgan fingerprint density at radius 1 is 1.18 bits per heavy atom. The van der Waals surface area contributed by atoms with Gasteiger partial charge in [0.05, 0.1) is 11.7 Å². The van der Waals surface area contributed by atoms with Crippen LogP contribution < -0.4 is 9.47 Å². The molecule has 7 nitrogen and oxygen atoms in total. The average Bonchev–Trinajstić information content (AvgIpc) is 3.16. The molecular weight excluding hydrogens is 423 g/mol. The molecule has 1 saturated heterocycles. The molecule has 3 aromatic rings. The molecule has 2 aromatic carbocycles. The van der Waals surface area contributed by atoms with Gasteiger partial charge in [0.1, 0.15) is 11.6 Å². The van der Waals surface area contributed by atoms with Crippen LogP contribution in [0.2, 0.25) is 0 Å². The number of rotatable bonds is 6. The number of amides is 1. The van der Waals surface area contributed by atoms with Gasteiger partial charge in [0.25, 0.3) is 0 Å². The first-order chi connectivity index (χ1) is 15.8. The predicted molar refractivity (Wildman–Crippen MR) is 125 cm³/mol. The number of carbonyl (C=O) groups is 1. The lowest BCUT2D eigenvalue weighted by atomic mass is 10.0. The third-order valence-corrected chi connectivity index (χ3v) is 6.01. The van der Waals surface area contributed by atoms with Gasteiger partial charge >= 0.3 is 6.09 Å². The Labute approximate surface area is 193 Å². The fraction of sp³-hybridized carbons (Fsp3) is 0.440. The zero-order valence-electron chi connectivity index (χ0n) is 19.6. The second-order valence-electron chi connectivity index (χ2n) is 9.15. The summed E-state index contributed by atoms with van der Waals surface area (Å²) >= 11 is 0. The summed E-state index contributed by atoms with van der Waals surface area (Å²) in [5.74, 6) is 1.20. The fourth-order valence-electron chi connectivity index (χ4n) is 4.06. The fourth-order valence-corrected chi connectivity index (χ4v) is 4.06. The molecule has 0 atom stereocenters. The minimum absolute atomic E-state index is 0.130. The Morgan fingerprint density at radius 2 is 1.88 bits per heavy atom. The molecule has 176 valence electrons. The van der Waals surface area contributed by atoms with E-state index in [2.05, 4.69) is 30.9 Å². The van der Waals surface area contributed by atoms with E-state index in [0.717, 1.165) is 43.4 Å². The number of nitrogens with zero attached hydrogens (tertiary/aromatic N) is 4. The van der Waals surface area contributed by atoms with Crippen molar-refractivity contribution in [1.82, 2.24) is 19.6 Å². The van der Waals surface area contributed by atoms with E-state index in [1.54, 1.807) is 30.3 Å². The number of likely N-dealkylation sites (tertiary alicyclic amines) is 1. The molecular formula is C25H31FN4O3. The van der Waals surface area contributed by atoms with Gasteiger partial charge in [0, 0.05) is 31.1 Å². The van der Waals surface area contributed by atoms with E-state index >= 15 is 0 Å². The van der Waals surface area contributed by atoms with Gasteiger partial charge in [0.15, 0.2) is 11.5 Å². The lowest BCUT2D eigenvalue weighted by Crippen LogP contribution is -2.45. The molecule has 0 radical (unpaired) electrons. The van der Waals surface area contributed by atoms with Gasteiger partial charge < -0.3 is 19.3 Å². The summed E-state index contributed by atoms with van der Waals surface area (Å²) in [7, 11) is 3.86. The van der Waals surface area contributed by atoms with Crippen molar-refractivity contribution < 1.29 is 18.7 Å². The van der Waals surface area contributed by atoms with Gasteiger partial charge in [-0.25, -0.2) is 9.18 Å². The van der Waals surface area contributed by atoms with Crippen molar-refractivity contribution in [3.63, 3.8) is 0 Å². The van der Waals surface area contributed by atoms with Gasteiger partial charge in [-0.3, -0.25) is 4.68 Å². The highest BCUT2D eigenvalue weighted by Crippen LogP contribution is 2.36. The summed E-state index contributed by atoms with van der Waals surface area (Å²) in [5.41, 5.74) is 0.861. The number of hydrogen-bond acceptors (Lipinski definition) is 5. The minimum Gasteiger partial charge on any atom is -0.453 e. The number of carbonyl (C=O) groups excluding carboxylic acids is 1. The maximum absolute atomic E-state index is 13.3. The lowest BCUT2D eigenvalue weighted by molar-refractivity contribution is 0.117. The Hall–Kier alpha value is -3.13. The molecule has 1 amide bonds. The average molecular weight is 455 g/mol.